The average molecular weight is 336 g/mol. The van der Waals surface area contributed by atoms with Crippen LogP contribution in [0.3, 0.4) is 0 Å². The molecule has 2 heterocycles. The van der Waals surface area contributed by atoms with Gasteiger partial charge in [0, 0.05) is 49.5 Å². The van der Waals surface area contributed by atoms with E-state index in [-0.39, 0.29) is 5.82 Å². The quantitative estimate of drug-likeness (QED) is 0.791. The lowest BCUT2D eigenvalue weighted by atomic mass is 10.1. The molecule has 0 aliphatic carbocycles. The van der Waals surface area contributed by atoms with Gasteiger partial charge in [0.1, 0.15) is 5.82 Å². The van der Waals surface area contributed by atoms with Crippen molar-refractivity contribution in [3.8, 4) is 11.3 Å². The summed E-state index contributed by atoms with van der Waals surface area (Å²) in [6.45, 7) is 4.93. The Hall–Kier alpha value is -2.66. The van der Waals surface area contributed by atoms with Crippen LogP contribution < -0.4 is 4.90 Å². The van der Waals surface area contributed by atoms with E-state index in [1.165, 1.54) is 17.8 Å². The number of aromatic nitrogens is 2. The number of para-hydroxylation sites is 1. The second-order valence-corrected chi connectivity index (χ2v) is 6.38. The van der Waals surface area contributed by atoms with Gasteiger partial charge in [-0.3, -0.25) is 10.00 Å². The molecule has 1 N–H and O–H groups in total. The lowest BCUT2D eigenvalue weighted by Crippen LogP contribution is -2.45. The minimum absolute atomic E-state index is 0.221. The lowest BCUT2D eigenvalue weighted by Gasteiger charge is -2.36. The van der Waals surface area contributed by atoms with Crippen LogP contribution in [0.1, 0.15) is 5.56 Å². The molecule has 0 unspecified atom stereocenters. The fourth-order valence-corrected chi connectivity index (χ4v) is 3.34. The molecular weight excluding hydrogens is 315 g/mol. The number of rotatable bonds is 4. The molecule has 0 atom stereocenters. The number of benzene rings is 2. The first-order valence-corrected chi connectivity index (χ1v) is 8.60. The number of nitrogens with zero attached hydrogens (tertiary/aromatic N) is 3. The third-order valence-electron chi connectivity index (χ3n) is 4.74. The van der Waals surface area contributed by atoms with E-state index in [0.29, 0.717) is 0 Å². The summed E-state index contributed by atoms with van der Waals surface area (Å²) in [6.07, 6.45) is 1.88. The number of halogens is 1. The van der Waals surface area contributed by atoms with Gasteiger partial charge in [0.15, 0.2) is 0 Å². The van der Waals surface area contributed by atoms with Gasteiger partial charge in [0.25, 0.3) is 0 Å². The zero-order valence-electron chi connectivity index (χ0n) is 14.0. The van der Waals surface area contributed by atoms with Crippen LogP contribution in [-0.2, 0) is 6.54 Å². The molecule has 4 rings (SSSR count). The van der Waals surface area contributed by atoms with Crippen molar-refractivity contribution < 1.29 is 4.39 Å². The van der Waals surface area contributed by atoms with E-state index in [2.05, 4.69) is 50.3 Å². The third kappa shape index (κ3) is 3.56. The third-order valence-corrected chi connectivity index (χ3v) is 4.74. The summed E-state index contributed by atoms with van der Waals surface area (Å²) in [5.74, 6) is -0.221. The first-order valence-electron chi connectivity index (χ1n) is 8.60. The first kappa shape index (κ1) is 15.8. The van der Waals surface area contributed by atoms with Crippen molar-refractivity contribution in [1.82, 2.24) is 15.1 Å². The van der Waals surface area contributed by atoms with Crippen LogP contribution in [0.4, 0.5) is 10.1 Å². The summed E-state index contributed by atoms with van der Waals surface area (Å²) in [6, 6.07) is 17.1. The first-order chi connectivity index (χ1) is 12.3. The highest BCUT2D eigenvalue weighted by Crippen LogP contribution is 2.23. The SMILES string of the molecule is Fc1ccc(-c2[nH]ncc2CN2CCN(c3ccccc3)CC2)cc1. The molecule has 0 radical (unpaired) electrons. The fraction of sp³-hybridized carbons (Fsp3) is 0.250. The summed E-state index contributed by atoms with van der Waals surface area (Å²) in [5.41, 5.74) is 4.39. The highest BCUT2D eigenvalue weighted by molar-refractivity contribution is 5.62. The highest BCUT2D eigenvalue weighted by atomic mass is 19.1. The van der Waals surface area contributed by atoms with Crippen molar-refractivity contribution in [3.63, 3.8) is 0 Å². The number of anilines is 1. The van der Waals surface area contributed by atoms with Gasteiger partial charge >= 0.3 is 0 Å². The molecule has 1 saturated heterocycles. The van der Waals surface area contributed by atoms with Crippen molar-refractivity contribution >= 4 is 5.69 Å². The second-order valence-electron chi connectivity index (χ2n) is 6.38. The molecule has 0 bridgehead atoms. The standard InChI is InChI=1S/C20H21FN4/c21-18-8-6-16(7-9-18)20-17(14-22-23-20)15-24-10-12-25(13-11-24)19-4-2-1-3-5-19/h1-9,14H,10-13,15H2,(H,22,23). The van der Waals surface area contributed by atoms with Crippen LogP contribution in [0.5, 0.6) is 0 Å². The number of nitrogens with one attached hydrogen (secondary N) is 1. The van der Waals surface area contributed by atoms with E-state index in [1.54, 1.807) is 12.1 Å². The molecule has 128 valence electrons. The number of hydrogen-bond donors (Lipinski definition) is 1. The molecule has 1 aliphatic rings. The van der Waals surface area contributed by atoms with Gasteiger partial charge in [-0.2, -0.15) is 5.10 Å². The van der Waals surface area contributed by atoms with Crippen LogP contribution >= 0.6 is 0 Å². The molecule has 0 saturated carbocycles. The molecule has 3 aromatic rings. The Morgan fingerprint density at radius 2 is 1.64 bits per heavy atom. The number of hydrogen-bond acceptors (Lipinski definition) is 3. The molecule has 5 heteroatoms. The van der Waals surface area contributed by atoms with Crippen molar-refractivity contribution in [3.05, 3.63) is 72.2 Å². The maximum Gasteiger partial charge on any atom is 0.123 e. The van der Waals surface area contributed by atoms with Gasteiger partial charge in [-0.25, -0.2) is 4.39 Å². The van der Waals surface area contributed by atoms with Gasteiger partial charge < -0.3 is 4.90 Å². The van der Waals surface area contributed by atoms with Crippen LogP contribution in [0.25, 0.3) is 11.3 Å². The van der Waals surface area contributed by atoms with Crippen molar-refractivity contribution in [2.75, 3.05) is 31.1 Å². The van der Waals surface area contributed by atoms with Gasteiger partial charge in [-0.15, -0.1) is 0 Å². The number of H-pyrrole nitrogens is 1. The van der Waals surface area contributed by atoms with E-state index in [0.717, 1.165) is 49.5 Å². The zero-order valence-corrected chi connectivity index (χ0v) is 14.0. The van der Waals surface area contributed by atoms with E-state index in [1.807, 2.05) is 6.20 Å². The Balaban J connectivity index is 1.41. The summed E-state index contributed by atoms with van der Waals surface area (Å²) in [5, 5.41) is 7.25. The van der Waals surface area contributed by atoms with Crippen LogP contribution in [-0.4, -0.2) is 41.3 Å². The Morgan fingerprint density at radius 3 is 2.36 bits per heavy atom. The van der Waals surface area contributed by atoms with Crippen LogP contribution in [0.2, 0.25) is 0 Å². The number of piperazine rings is 1. The fourth-order valence-electron chi connectivity index (χ4n) is 3.34. The summed E-state index contributed by atoms with van der Waals surface area (Å²) in [4.78, 5) is 4.87. The molecule has 1 aliphatic heterocycles. The zero-order chi connectivity index (χ0) is 17.1. The van der Waals surface area contributed by atoms with Crippen LogP contribution in [0, 0.1) is 5.82 Å². The maximum atomic E-state index is 13.1. The summed E-state index contributed by atoms with van der Waals surface area (Å²) >= 11 is 0. The van der Waals surface area contributed by atoms with Crippen molar-refractivity contribution in [1.29, 1.82) is 0 Å². The van der Waals surface area contributed by atoms with Crippen molar-refractivity contribution in [2.45, 2.75) is 6.54 Å². The Kier molecular flexibility index (Phi) is 4.48. The Morgan fingerprint density at radius 1 is 0.920 bits per heavy atom. The normalized spacial score (nSPS) is 15.5. The molecule has 0 spiro atoms. The second kappa shape index (κ2) is 7.07. The van der Waals surface area contributed by atoms with E-state index in [4.69, 9.17) is 0 Å². The minimum atomic E-state index is -0.221. The van der Waals surface area contributed by atoms with Crippen molar-refractivity contribution in [2.24, 2.45) is 0 Å². The van der Waals surface area contributed by atoms with Gasteiger partial charge in [0.05, 0.1) is 11.9 Å². The molecule has 2 aromatic carbocycles. The van der Waals surface area contributed by atoms with E-state index in [9.17, 15) is 4.39 Å². The molecule has 25 heavy (non-hydrogen) atoms. The van der Waals surface area contributed by atoms with Crippen LogP contribution in [0.15, 0.2) is 60.8 Å². The predicted molar refractivity (Wildman–Crippen MR) is 97.9 cm³/mol. The highest BCUT2D eigenvalue weighted by Gasteiger charge is 2.19. The molecule has 0 amide bonds. The molecular formula is C20H21FN4. The minimum Gasteiger partial charge on any atom is -0.369 e. The van der Waals surface area contributed by atoms with Gasteiger partial charge in [-0.1, -0.05) is 18.2 Å². The Bertz CT molecular complexity index is 805. The van der Waals surface area contributed by atoms with E-state index < -0.39 is 0 Å². The van der Waals surface area contributed by atoms with E-state index >= 15 is 0 Å². The average Bonchev–Trinajstić information content (AvgIpc) is 3.12. The molecule has 4 nitrogen and oxygen atoms in total. The molecule has 1 fully saturated rings. The summed E-state index contributed by atoms with van der Waals surface area (Å²) < 4.78 is 13.1. The summed E-state index contributed by atoms with van der Waals surface area (Å²) in [7, 11) is 0. The lowest BCUT2D eigenvalue weighted by molar-refractivity contribution is 0.250. The molecule has 1 aromatic heterocycles. The largest absolute Gasteiger partial charge is 0.369 e. The smallest absolute Gasteiger partial charge is 0.123 e. The topological polar surface area (TPSA) is 35.2 Å². The number of aromatic amines is 1. The van der Waals surface area contributed by atoms with Gasteiger partial charge in [-0.05, 0) is 36.4 Å². The van der Waals surface area contributed by atoms with Gasteiger partial charge in [0.2, 0.25) is 0 Å². The maximum absolute atomic E-state index is 13.1. The predicted octanol–water partition coefficient (Wildman–Crippen LogP) is 3.54. The monoisotopic (exact) mass is 336 g/mol. The Labute approximate surface area is 146 Å².